The number of pyridine rings is 1. The molecule has 6 nitrogen and oxygen atoms in total. The fraction of sp³-hybridized carbons (Fsp3) is 0.231. The minimum atomic E-state index is -0.0848. The van der Waals surface area contributed by atoms with Gasteiger partial charge in [0.2, 0.25) is 0 Å². The second-order valence-corrected chi connectivity index (χ2v) is 8.57. The van der Waals surface area contributed by atoms with Crippen LogP contribution in [0, 0.1) is 13.8 Å². The Labute approximate surface area is 198 Å². The predicted octanol–water partition coefficient (Wildman–Crippen LogP) is 5.33. The molecular weight excluding hydrogens is 432 g/mol. The Morgan fingerprint density at radius 3 is 2.58 bits per heavy atom. The molecule has 1 aliphatic heterocycles. The third kappa shape index (κ3) is 3.89. The Hall–Kier alpha value is -3.58. The van der Waals surface area contributed by atoms with E-state index in [2.05, 4.69) is 39.7 Å². The quantitative estimate of drug-likeness (QED) is 0.394. The zero-order chi connectivity index (χ0) is 22.9. The smallest absolute Gasteiger partial charge is 0.174 e. The van der Waals surface area contributed by atoms with Gasteiger partial charge in [-0.1, -0.05) is 6.07 Å². The number of anilines is 1. The zero-order valence-corrected chi connectivity index (χ0v) is 19.7. The Morgan fingerprint density at radius 2 is 1.91 bits per heavy atom. The maximum Gasteiger partial charge on any atom is 0.174 e. The van der Waals surface area contributed by atoms with Gasteiger partial charge in [-0.25, -0.2) is 0 Å². The number of hydrogen-bond donors (Lipinski definition) is 1. The lowest BCUT2D eigenvalue weighted by Crippen LogP contribution is -2.29. The number of rotatable bonds is 6. The van der Waals surface area contributed by atoms with Gasteiger partial charge >= 0.3 is 0 Å². The number of benzene rings is 1. The van der Waals surface area contributed by atoms with Crippen molar-refractivity contribution in [2.75, 3.05) is 12.0 Å². The van der Waals surface area contributed by atoms with Crippen molar-refractivity contribution in [2.45, 2.75) is 32.5 Å². The lowest BCUT2D eigenvalue weighted by atomic mass is 9.96. The molecule has 0 saturated carbocycles. The first-order valence-electron chi connectivity index (χ1n) is 10.9. The molecule has 1 aromatic carbocycles. The van der Waals surface area contributed by atoms with Crippen LogP contribution in [-0.2, 0) is 6.54 Å². The summed E-state index contributed by atoms with van der Waals surface area (Å²) in [6, 6.07) is 20.0. The van der Waals surface area contributed by atoms with Crippen LogP contribution in [0.4, 0.5) is 5.69 Å². The van der Waals surface area contributed by atoms with Gasteiger partial charge in [0.05, 0.1) is 37.7 Å². The molecule has 0 spiro atoms. The number of aryl methyl sites for hydroxylation is 1. The largest absolute Gasteiger partial charge is 0.497 e. The maximum absolute atomic E-state index is 5.85. The molecule has 0 bridgehead atoms. The highest BCUT2D eigenvalue weighted by Crippen LogP contribution is 2.43. The summed E-state index contributed by atoms with van der Waals surface area (Å²) in [4.78, 5) is 6.84. The lowest BCUT2D eigenvalue weighted by molar-refractivity contribution is 0.415. The predicted molar refractivity (Wildman–Crippen MR) is 133 cm³/mol. The molecule has 1 fully saturated rings. The normalized spacial score (nSPS) is 17.9. The standard InChI is InChI=1S/C26H26N4O2S/c1-17-15-22(18(2)29(17)16-21-7-6-14-32-21)25-24(23-8-4-5-13-27-23)28-26(33)30(25)19-9-11-20(31-3)12-10-19/h4-15,24-25H,16H2,1-3H3,(H,28,33). The molecule has 5 rings (SSSR count). The van der Waals surface area contributed by atoms with Gasteiger partial charge in [0, 0.05) is 23.3 Å². The SMILES string of the molecule is COc1ccc(N2C(=S)NC(c3ccccn3)C2c2cc(C)n(Cc3ccco3)c2C)cc1. The van der Waals surface area contributed by atoms with Crippen molar-refractivity contribution in [2.24, 2.45) is 0 Å². The van der Waals surface area contributed by atoms with Crippen LogP contribution in [0.2, 0.25) is 0 Å². The highest BCUT2D eigenvalue weighted by Gasteiger charge is 2.42. The summed E-state index contributed by atoms with van der Waals surface area (Å²) in [7, 11) is 1.67. The Bertz CT molecular complexity index is 1250. The van der Waals surface area contributed by atoms with E-state index < -0.39 is 0 Å². The number of furan rings is 1. The van der Waals surface area contributed by atoms with Gasteiger partial charge in [0.25, 0.3) is 0 Å². The first-order chi connectivity index (χ1) is 16.1. The van der Waals surface area contributed by atoms with Gasteiger partial charge in [0.15, 0.2) is 5.11 Å². The number of aromatic nitrogens is 2. The van der Waals surface area contributed by atoms with E-state index in [4.69, 9.17) is 21.4 Å². The van der Waals surface area contributed by atoms with Crippen molar-refractivity contribution in [1.82, 2.24) is 14.9 Å². The molecule has 0 amide bonds. The van der Waals surface area contributed by atoms with Gasteiger partial charge in [-0.2, -0.15) is 0 Å². The minimum absolute atomic E-state index is 0.0580. The molecule has 4 heterocycles. The molecule has 2 atom stereocenters. The summed E-state index contributed by atoms with van der Waals surface area (Å²) in [6.07, 6.45) is 3.54. The second-order valence-electron chi connectivity index (χ2n) is 8.19. The van der Waals surface area contributed by atoms with Gasteiger partial charge < -0.3 is 23.9 Å². The number of methoxy groups -OCH3 is 1. The van der Waals surface area contributed by atoms with Crippen LogP contribution >= 0.6 is 12.2 Å². The minimum Gasteiger partial charge on any atom is -0.497 e. The van der Waals surface area contributed by atoms with E-state index in [1.54, 1.807) is 13.4 Å². The van der Waals surface area contributed by atoms with E-state index in [0.29, 0.717) is 11.7 Å². The van der Waals surface area contributed by atoms with Crippen LogP contribution in [-0.4, -0.2) is 21.8 Å². The highest BCUT2D eigenvalue weighted by atomic mass is 32.1. The molecular formula is C26H26N4O2S. The van der Waals surface area contributed by atoms with Gasteiger partial charge in [0.1, 0.15) is 11.5 Å². The van der Waals surface area contributed by atoms with Crippen LogP contribution in [0.1, 0.15) is 40.5 Å². The Morgan fingerprint density at radius 1 is 1.09 bits per heavy atom. The van der Waals surface area contributed by atoms with Crippen LogP contribution in [0.3, 0.4) is 0 Å². The van der Waals surface area contributed by atoms with Crippen molar-refractivity contribution < 1.29 is 9.15 Å². The summed E-state index contributed by atoms with van der Waals surface area (Å²) in [5, 5.41) is 4.21. The molecule has 3 aromatic heterocycles. The highest BCUT2D eigenvalue weighted by molar-refractivity contribution is 7.80. The average molecular weight is 459 g/mol. The van der Waals surface area contributed by atoms with Crippen molar-refractivity contribution in [3.8, 4) is 5.75 Å². The van der Waals surface area contributed by atoms with E-state index in [9.17, 15) is 0 Å². The van der Waals surface area contributed by atoms with E-state index in [1.807, 2.05) is 60.8 Å². The summed E-state index contributed by atoms with van der Waals surface area (Å²) >= 11 is 5.85. The van der Waals surface area contributed by atoms with E-state index in [-0.39, 0.29) is 12.1 Å². The van der Waals surface area contributed by atoms with Crippen LogP contribution in [0.15, 0.2) is 77.5 Å². The first kappa shape index (κ1) is 21.3. The Kier molecular flexibility index (Phi) is 5.64. The second kappa shape index (κ2) is 8.75. The van der Waals surface area contributed by atoms with Gasteiger partial charge in [-0.05, 0) is 86.2 Å². The van der Waals surface area contributed by atoms with Crippen molar-refractivity contribution in [1.29, 1.82) is 0 Å². The topological polar surface area (TPSA) is 55.5 Å². The van der Waals surface area contributed by atoms with Gasteiger partial charge in [-0.3, -0.25) is 4.98 Å². The van der Waals surface area contributed by atoms with E-state index in [0.717, 1.165) is 22.9 Å². The number of nitrogens with zero attached hydrogens (tertiary/aromatic N) is 3. The monoisotopic (exact) mass is 458 g/mol. The molecule has 168 valence electrons. The fourth-order valence-electron chi connectivity index (χ4n) is 4.62. The van der Waals surface area contributed by atoms with Crippen molar-refractivity contribution in [3.05, 3.63) is 102 Å². The molecule has 4 aromatic rings. The van der Waals surface area contributed by atoms with Crippen molar-refractivity contribution in [3.63, 3.8) is 0 Å². The number of hydrogen-bond acceptors (Lipinski definition) is 4. The van der Waals surface area contributed by atoms with E-state index >= 15 is 0 Å². The summed E-state index contributed by atoms with van der Waals surface area (Å²) in [5.41, 5.74) is 5.52. The molecule has 1 N–H and O–H groups in total. The van der Waals surface area contributed by atoms with Gasteiger partial charge in [-0.15, -0.1) is 0 Å². The lowest BCUT2D eigenvalue weighted by Gasteiger charge is -2.28. The molecule has 2 unspecified atom stereocenters. The molecule has 0 aliphatic carbocycles. The zero-order valence-electron chi connectivity index (χ0n) is 18.9. The number of ether oxygens (including phenoxy) is 1. The van der Waals surface area contributed by atoms with Crippen LogP contribution < -0.4 is 15.0 Å². The maximum atomic E-state index is 5.85. The molecule has 0 radical (unpaired) electrons. The molecule has 33 heavy (non-hydrogen) atoms. The number of nitrogens with one attached hydrogen (secondary N) is 1. The molecule has 1 aliphatic rings. The Balaban J connectivity index is 1.61. The summed E-state index contributed by atoms with van der Waals surface area (Å²) < 4.78 is 13.3. The van der Waals surface area contributed by atoms with Crippen LogP contribution in [0.5, 0.6) is 5.75 Å². The van der Waals surface area contributed by atoms with Crippen molar-refractivity contribution >= 4 is 23.0 Å². The first-order valence-corrected chi connectivity index (χ1v) is 11.3. The summed E-state index contributed by atoms with van der Waals surface area (Å²) in [5.74, 6) is 1.74. The molecule has 1 saturated heterocycles. The average Bonchev–Trinajstić information content (AvgIpc) is 3.54. The third-order valence-corrected chi connectivity index (χ3v) is 6.59. The molecule has 7 heteroatoms. The fourth-order valence-corrected chi connectivity index (χ4v) is 4.97. The summed E-state index contributed by atoms with van der Waals surface area (Å²) in [6.45, 7) is 4.98. The number of thiocarbonyl (C=S) groups is 1. The third-order valence-electron chi connectivity index (χ3n) is 6.27. The van der Waals surface area contributed by atoms with E-state index in [1.165, 1.54) is 17.0 Å². The van der Waals surface area contributed by atoms with Crippen LogP contribution in [0.25, 0.3) is 0 Å².